The minimum atomic E-state index is -4.42. The van der Waals surface area contributed by atoms with Crippen molar-refractivity contribution in [1.29, 1.82) is 0 Å². The van der Waals surface area contributed by atoms with Crippen molar-refractivity contribution in [3.63, 3.8) is 0 Å². The first-order valence-electron chi connectivity index (χ1n) is 23.7. The number of aliphatic hydroxyl groups excluding tert-OH is 2. The Morgan fingerprint density at radius 2 is 1.05 bits per heavy atom. The largest absolute Gasteiger partial charge is 0.472 e. The molecular formula is C49H92N2O7P+. The van der Waals surface area contributed by atoms with Crippen LogP contribution < -0.4 is 5.32 Å². The molecule has 0 aromatic heterocycles. The molecule has 0 aliphatic rings. The minimum Gasteiger partial charge on any atom is -0.390 e. The number of carbonyl (C=O) groups is 1. The van der Waals surface area contributed by atoms with Gasteiger partial charge in [-0.05, 0) is 57.8 Å². The van der Waals surface area contributed by atoms with E-state index in [1.54, 1.807) is 0 Å². The first-order valence-corrected chi connectivity index (χ1v) is 25.2. The van der Waals surface area contributed by atoms with Gasteiger partial charge in [0.05, 0.1) is 39.9 Å². The lowest BCUT2D eigenvalue weighted by Crippen LogP contribution is -2.51. The number of nitrogens with one attached hydrogen (secondary N) is 1. The molecule has 4 atom stereocenters. The van der Waals surface area contributed by atoms with Gasteiger partial charge in [0.1, 0.15) is 19.3 Å². The van der Waals surface area contributed by atoms with Crippen LogP contribution >= 0.6 is 7.82 Å². The Balaban J connectivity index is 4.43. The van der Waals surface area contributed by atoms with Gasteiger partial charge < -0.3 is 24.9 Å². The van der Waals surface area contributed by atoms with Crippen LogP contribution in [0.15, 0.2) is 60.8 Å². The lowest BCUT2D eigenvalue weighted by Gasteiger charge is -2.28. The third kappa shape index (κ3) is 41.3. The van der Waals surface area contributed by atoms with Crippen LogP contribution in [0.25, 0.3) is 0 Å². The molecule has 0 radical (unpaired) electrons. The number of aliphatic hydroxyl groups is 2. The Morgan fingerprint density at radius 3 is 1.54 bits per heavy atom. The van der Waals surface area contributed by atoms with Gasteiger partial charge in [0, 0.05) is 6.42 Å². The van der Waals surface area contributed by atoms with Gasteiger partial charge in [0.2, 0.25) is 5.91 Å². The van der Waals surface area contributed by atoms with E-state index >= 15 is 0 Å². The Morgan fingerprint density at radius 1 is 0.610 bits per heavy atom. The number of phosphoric acid groups is 1. The number of unbranched alkanes of at least 4 members (excludes halogenated alkanes) is 18. The number of carbonyl (C=O) groups excluding carboxylic acids is 1. The van der Waals surface area contributed by atoms with Crippen molar-refractivity contribution in [1.82, 2.24) is 5.32 Å². The molecule has 0 spiro atoms. The van der Waals surface area contributed by atoms with Crippen molar-refractivity contribution in [2.24, 2.45) is 0 Å². The van der Waals surface area contributed by atoms with E-state index in [0.29, 0.717) is 23.9 Å². The van der Waals surface area contributed by atoms with Crippen LogP contribution in [0.5, 0.6) is 0 Å². The van der Waals surface area contributed by atoms with Crippen molar-refractivity contribution in [3.05, 3.63) is 60.8 Å². The van der Waals surface area contributed by atoms with Crippen LogP contribution in [0, 0.1) is 0 Å². The summed E-state index contributed by atoms with van der Waals surface area (Å²) in [5.41, 5.74) is 0. The molecule has 0 aromatic rings. The molecule has 0 aliphatic carbocycles. The summed E-state index contributed by atoms with van der Waals surface area (Å²) in [6, 6.07) is -1.04. The highest BCUT2D eigenvalue weighted by Gasteiger charge is 2.31. The smallest absolute Gasteiger partial charge is 0.390 e. The summed E-state index contributed by atoms with van der Waals surface area (Å²) in [6.07, 6.45) is 48.5. The monoisotopic (exact) mass is 852 g/mol. The summed E-state index contributed by atoms with van der Waals surface area (Å²) in [5.74, 6) is -0.272. The zero-order valence-corrected chi connectivity index (χ0v) is 39.5. The summed E-state index contributed by atoms with van der Waals surface area (Å²) in [6.45, 7) is 4.47. The zero-order chi connectivity index (χ0) is 43.7. The van der Waals surface area contributed by atoms with Crippen LogP contribution in [0.4, 0.5) is 0 Å². The molecule has 0 bridgehead atoms. The van der Waals surface area contributed by atoms with E-state index in [0.717, 1.165) is 77.0 Å². The molecule has 344 valence electrons. The molecule has 0 rings (SSSR count). The van der Waals surface area contributed by atoms with Gasteiger partial charge in [0.15, 0.2) is 0 Å². The van der Waals surface area contributed by atoms with Gasteiger partial charge >= 0.3 is 7.82 Å². The predicted molar refractivity (Wildman–Crippen MR) is 250 cm³/mol. The first kappa shape index (κ1) is 57.2. The number of hydrogen-bond donors (Lipinski definition) is 4. The highest BCUT2D eigenvalue weighted by molar-refractivity contribution is 7.47. The van der Waals surface area contributed by atoms with Crippen molar-refractivity contribution in [2.45, 2.75) is 205 Å². The second-order valence-electron chi connectivity index (χ2n) is 17.2. The molecule has 0 aliphatic heterocycles. The molecule has 4 unspecified atom stereocenters. The number of nitrogens with zero attached hydrogens (tertiary/aromatic N) is 1. The fourth-order valence-corrected chi connectivity index (χ4v) is 7.32. The number of quaternary nitrogens is 1. The Bertz CT molecular complexity index is 1160. The maximum Gasteiger partial charge on any atom is 0.472 e. The van der Waals surface area contributed by atoms with Gasteiger partial charge in [-0.3, -0.25) is 13.8 Å². The van der Waals surface area contributed by atoms with E-state index in [1.165, 1.54) is 77.0 Å². The second-order valence-corrected chi connectivity index (χ2v) is 18.7. The van der Waals surface area contributed by atoms with E-state index < -0.39 is 32.7 Å². The summed E-state index contributed by atoms with van der Waals surface area (Å²) >= 11 is 0. The van der Waals surface area contributed by atoms with E-state index in [9.17, 15) is 24.5 Å². The van der Waals surface area contributed by atoms with Crippen molar-refractivity contribution in [2.75, 3.05) is 40.9 Å². The number of allylic oxidation sites excluding steroid dienone is 10. The molecule has 59 heavy (non-hydrogen) atoms. The molecule has 0 heterocycles. The van der Waals surface area contributed by atoms with Crippen LogP contribution in [0.2, 0.25) is 0 Å². The van der Waals surface area contributed by atoms with E-state index in [1.807, 2.05) is 21.1 Å². The maximum atomic E-state index is 12.9. The zero-order valence-electron chi connectivity index (χ0n) is 38.6. The van der Waals surface area contributed by atoms with Gasteiger partial charge in [-0.2, -0.15) is 0 Å². The van der Waals surface area contributed by atoms with E-state index in [2.05, 4.69) is 79.9 Å². The van der Waals surface area contributed by atoms with Gasteiger partial charge in [-0.15, -0.1) is 0 Å². The molecule has 4 N–H and O–H groups in total. The Hall–Kier alpha value is -1.84. The summed E-state index contributed by atoms with van der Waals surface area (Å²) in [5, 5.41) is 24.7. The fraction of sp³-hybridized carbons (Fsp3) is 0.776. The fourth-order valence-electron chi connectivity index (χ4n) is 6.58. The third-order valence-electron chi connectivity index (χ3n) is 10.4. The highest BCUT2D eigenvalue weighted by atomic mass is 31.2. The van der Waals surface area contributed by atoms with Crippen molar-refractivity contribution < 1.29 is 38.0 Å². The van der Waals surface area contributed by atoms with Crippen molar-refractivity contribution in [3.8, 4) is 0 Å². The average molecular weight is 852 g/mol. The Labute approximate surface area is 363 Å². The summed E-state index contributed by atoms with van der Waals surface area (Å²) in [4.78, 5) is 23.2. The third-order valence-corrected chi connectivity index (χ3v) is 11.4. The molecule has 0 fully saturated rings. The van der Waals surface area contributed by atoms with Crippen LogP contribution in [0.3, 0.4) is 0 Å². The van der Waals surface area contributed by atoms with Gasteiger partial charge in [-0.1, -0.05) is 184 Å². The predicted octanol–water partition coefficient (Wildman–Crippen LogP) is 12.4. The molecule has 10 heteroatoms. The topological polar surface area (TPSA) is 125 Å². The highest BCUT2D eigenvalue weighted by Crippen LogP contribution is 2.43. The molecular weight excluding hydrogens is 760 g/mol. The van der Waals surface area contributed by atoms with E-state index in [-0.39, 0.29) is 18.9 Å². The van der Waals surface area contributed by atoms with Crippen LogP contribution in [0.1, 0.15) is 187 Å². The number of phosphoric ester groups is 1. The summed E-state index contributed by atoms with van der Waals surface area (Å²) in [7, 11) is 1.42. The molecule has 9 nitrogen and oxygen atoms in total. The number of likely N-dealkylation sites (N-methyl/N-ethyl adjacent to an activating group) is 1. The number of hydrogen-bond acceptors (Lipinski definition) is 6. The molecule has 1 amide bonds. The number of rotatable bonds is 42. The molecule has 0 saturated carbocycles. The van der Waals surface area contributed by atoms with Crippen LogP contribution in [-0.4, -0.2) is 84.6 Å². The maximum absolute atomic E-state index is 12.9. The molecule has 0 aromatic carbocycles. The summed E-state index contributed by atoms with van der Waals surface area (Å²) < 4.78 is 23.5. The standard InChI is InChI=1S/C49H91N2O7P/c1-6-8-10-12-14-16-18-20-21-22-23-24-25-26-27-28-29-30-32-34-36-38-40-42-48(53)50-46(45-58-59(55,56)57-44-43-51(3,4)5)49(54)47(52)41-39-37-35-33-31-19-17-15-13-11-9-7-2/h8,10,14,16,20-21,23-24,26-27,46-47,49,52,54H,6-7,9,11-13,15,17-19,22,25,28-45H2,1-5H3,(H-,50,53,55,56)/p+1/b10-8-,16-14-,21-20-,24-23-,27-26-. The normalized spacial score (nSPS) is 15.3. The average Bonchev–Trinajstić information content (AvgIpc) is 3.19. The second kappa shape index (κ2) is 40.2. The van der Waals surface area contributed by atoms with Gasteiger partial charge in [-0.25, -0.2) is 4.57 Å². The van der Waals surface area contributed by atoms with Crippen LogP contribution in [-0.2, 0) is 18.4 Å². The van der Waals surface area contributed by atoms with Crippen molar-refractivity contribution >= 4 is 13.7 Å². The SMILES string of the molecule is CC/C=C\C/C=C\C/C=C\C/C=C\C/C=C\CCCCCCCCCC(=O)NC(COP(=O)(O)OCC[N+](C)(C)C)C(O)C(O)CCCCCCCCCCCCCC. The minimum absolute atomic E-state index is 0.0166. The number of amides is 1. The lowest BCUT2D eigenvalue weighted by atomic mass is 9.99. The quantitative estimate of drug-likeness (QED) is 0.0209. The van der Waals surface area contributed by atoms with E-state index in [4.69, 9.17) is 9.05 Å². The Kier molecular flexibility index (Phi) is 39.0. The molecule has 0 saturated heterocycles. The lowest BCUT2D eigenvalue weighted by molar-refractivity contribution is -0.870. The van der Waals surface area contributed by atoms with Gasteiger partial charge in [0.25, 0.3) is 0 Å². The first-order chi connectivity index (χ1) is 28.4.